The van der Waals surface area contributed by atoms with Gasteiger partial charge in [0.05, 0.1) is 19.3 Å². The largest absolute Gasteiger partial charge is 0.481 e. The fourth-order valence-electron chi connectivity index (χ4n) is 2.42. The number of carbonyl (C=O) groups is 1. The van der Waals surface area contributed by atoms with E-state index in [1.54, 1.807) is 7.11 Å². The van der Waals surface area contributed by atoms with Crippen LogP contribution in [0.3, 0.4) is 0 Å². The summed E-state index contributed by atoms with van der Waals surface area (Å²) in [6.45, 7) is 4.37. The molecule has 6 heteroatoms. The van der Waals surface area contributed by atoms with Crippen LogP contribution < -0.4 is 4.74 Å². The van der Waals surface area contributed by atoms with Gasteiger partial charge in [0, 0.05) is 32.2 Å². The van der Waals surface area contributed by atoms with Gasteiger partial charge in [-0.1, -0.05) is 6.07 Å². The predicted octanol–water partition coefficient (Wildman–Crippen LogP) is 0.683. The molecule has 0 aliphatic carbocycles. The molecule has 0 aromatic carbocycles. The van der Waals surface area contributed by atoms with Crippen LogP contribution in [0.4, 0.5) is 0 Å². The van der Waals surface area contributed by atoms with Crippen LogP contribution in [0.5, 0.6) is 5.88 Å². The third-order valence-electron chi connectivity index (χ3n) is 3.42. The number of carboxylic acids is 1. The highest BCUT2D eigenvalue weighted by atomic mass is 16.5. The van der Waals surface area contributed by atoms with Gasteiger partial charge in [-0.05, 0) is 19.0 Å². The second kappa shape index (κ2) is 7.21. The Kier molecular flexibility index (Phi) is 5.31. The lowest BCUT2D eigenvalue weighted by molar-refractivity contribution is -0.138. The number of rotatable bonds is 5. The van der Waals surface area contributed by atoms with E-state index in [1.165, 1.54) is 0 Å². The van der Waals surface area contributed by atoms with Crippen molar-refractivity contribution in [2.24, 2.45) is 0 Å². The average molecular weight is 279 g/mol. The second-order valence-corrected chi connectivity index (χ2v) is 4.97. The Labute approximate surface area is 119 Å². The van der Waals surface area contributed by atoms with Crippen molar-refractivity contribution in [1.82, 2.24) is 14.8 Å². The van der Waals surface area contributed by atoms with E-state index in [0.717, 1.165) is 44.8 Å². The number of aromatic nitrogens is 1. The first-order chi connectivity index (χ1) is 9.67. The van der Waals surface area contributed by atoms with Crippen LogP contribution in [-0.2, 0) is 11.3 Å². The minimum absolute atomic E-state index is 0.130. The van der Waals surface area contributed by atoms with Crippen molar-refractivity contribution in [3.63, 3.8) is 0 Å². The number of aliphatic carboxylic acids is 1. The zero-order valence-electron chi connectivity index (χ0n) is 11.8. The van der Waals surface area contributed by atoms with Crippen LogP contribution in [0.25, 0.3) is 0 Å². The second-order valence-electron chi connectivity index (χ2n) is 4.97. The zero-order valence-corrected chi connectivity index (χ0v) is 11.8. The van der Waals surface area contributed by atoms with Gasteiger partial charge >= 0.3 is 5.97 Å². The molecule has 1 aliphatic rings. The maximum absolute atomic E-state index is 10.7. The molecule has 2 rings (SSSR count). The normalized spacial score (nSPS) is 17.6. The van der Waals surface area contributed by atoms with Crippen LogP contribution in [0, 0.1) is 0 Å². The third-order valence-corrected chi connectivity index (χ3v) is 3.42. The Morgan fingerprint density at radius 1 is 1.30 bits per heavy atom. The molecular formula is C14H21N3O3. The standard InChI is InChI=1S/C14H21N3O3/c1-20-13-5-2-4-12(15-13)10-16-6-3-7-17(9-8-16)11-14(18)19/h2,4-5H,3,6-11H2,1H3,(H,18,19). The van der Waals surface area contributed by atoms with Crippen molar-refractivity contribution in [2.45, 2.75) is 13.0 Å². The van der Waals surface area contributed by atoms with Gasteiger partial charge in [0.1, 0.15) is 0 Å². The van der Waals surface area contributed by atoms with E-state index in [-0.39, 0.29) is 6.54 Å². The summed E-state index contributed by atoms with van der Waals surface area (Å²) < 4.78 is 5.13. The first kappa shape index (κ1) is 14.7. The van der Waals surface area contributed by atoms with Gasteiger partial charge in [-0.25, -0.2) is 4.98 Å². The summed E-state index contributed by atoms with van der Waals surface area (Å²) in [7, 11) is 1.61. The molecule has 0 saturated carbocycles. The molecule has 1 N–H and O–H groups in total. The Hall–Kier alpha value is -1.66. The van der Waals surface area contributed by atoms with Gasteiger partial charge in [0.25, 0.3) is 0 Å². The predicted molar refractivity (Wildman–Crippen MR) is 74.8 cm³/mol. The first-order valence-electron chi connectivity index (χ1n) is 6.84. The lowest BCUT2D eigenvalue weighted by Crippen LogP contribution is -2.34. The summed E-state index contributed by atoms with van der Waals surface area (Å²) in [5.74, 6) is -0.127. The topological polar surface area (TPSA) is 65.9 Å². The van der Waals surface area contributed by atoms with Gasteiger partial charge in [0.2, 0.25) is 5.88 Å². The van der Waals surface area contributed by atoms with Crippen molar-refractivity contribution in [1.29, 1.82) is 0 Å². The molecule has 1 aromatic heterocycles. The maximum Gasteiger partial charge on any atom is 0.317 e. The van der Waals surface area contributed by atoms with Gasteiger partial charge in [-0.3, -0.25) is 14.6 Å². The van der Waals surface area contributed by atoms with Crippen LogP contribution in [0.1, 0.15) is 12.1 Å². The number of ether oxygens (including phenoxy) is 1. The van der Waals surface area contributed by atoms with Crippen LogP contribution >= 0.6 is 0 Å². The van der Waals surface area contributed by atoms with E-state index in [2.05, 4.69) is 9.88 Å². The highest BCUT2D eigenvalue weighted by Crippen LogP contribution is 2.11. The Bertz CT molecular complexity index is 453. The molecule has 1 aromatic rings. The minimum atomic E-state index is -0.757. The SMILES string of the molecule is COc1cccc(CN2CCCN(CC(=O)O)CC2)n1. The quantitative estimate of drug-likeness (QED) is 0.855. The third kappa shape index (κ3) is 4.47. The number of hydrogen-bond acceptors (Lipinski definition) is 5. The fraction of sp³-hybridized carbons (Fsp3) is 0.571. The molecule has 2 heterocycles. The lowest BCUT2D eigenvalue weighted by Gasteiger charge is -2.20. The van der Waals surface area contributed by atoms with E-state index >= 15 is 0 Å². The Morgan fingerprint density at radius 3 is 2.80 bits per heavy atom. The van der Waals surface area contributed by atoms with Crippen LogP contribution in [0.15, 0.2) is 18.2 Å². The molecule has 0 atom stereocenters. The molecule has 0 bridgehead atoms. The Morgan fingerprint density at radius 2 is 2.05 bits per heavy atom. The number of nitrogens with zero attached hydrogens (tertiary/aromatic N) is 3. The smallest absolute Gasteiger partial charge is 0.317 e. The molecule has 0 radical (unpaired) electrons. The van der Waals surface area contributed by atoms with Crippen molar-refractivity contribution < 1.29 is 14.6 Å². The monoisotopic (exact) mass is 279 g/mol. The summed E-state index contributed by atoms with van der Waals surface area (Å²) in [5.41, 5.74) is 0.982. The molecule has 110 valence electrons. The zero-order chi connectivity index (χ0) is 14.4. The van der Waals surface area contributed by atoms with Gasteiger partial charge in [0.15, 0.2) is 0 Å². The van der Waals surface area contributed by atoms with Crippen LogP contribution in [0.2, 0.25) is 0 Å². The molecule has 0 amide bonds. The molecule has 1 fully saturated rings. The van der Waals surface area contributed by atoms with Crippen molar-refractivity contribution in [2.75, 3.05) is 39.8 Å². The highest BCUT2D eigenvalue weighted by Gasteiger charge is 2.17. The van der Waals surface area contributed by atoms with E-state index in [1.807, 2.05) is 23.1 Å². The highest BCUT2D eigenvalue weighted by molar-refractivity contribution is 5.69. The van der Waals surface area contributed by atoms with Crippen LogP contribution in [-0.4, -0.2) is 65.7 Å². The molecule has 0 unspecified atom stereocenters. The average Bonchev–Trinajstić information content (AvgIpc) is 2.64. The summed E-state index contributed by atoms with van der Waals surface area (Å²) in [6.07, 6.45) is 0.983. The van der Waals surface area contributed by atoms with Gasteiger partial charge in [-0.2, -0.15) is 0 Å². The number of carboxylic acid groups (broad SMARTS) is 1. The van der Waals surface area contributed by atoms with E-state index in [4.69, 9.17) is 9.84 Å². The molecule has 1 saturated heterocycles. The number of hydrogen-bond donors (Lipinski definition) is 1. The van der Waals surface area contributed by atoms with Gasteiger partial charge < -0.3 is 9.84 Å². The molecule has 6 nitrogen and oxygen atoms in total. The molecular weight excluding hydrogens is 258 g/mol. The minimum Gasteiger partial charge on any atom is -0.481 e. The molecule has 1 aliphatic heterocycles. The molecule has 20 heavy (non-hydrogen) atoms. The summed E-state index contributed by atoms with van der Waals surface area (Å²) in [4.78, 5) is 19.5. The number of methoxy groups -OCH3 is 1. The van der Waals surface area contributed by atoms with Crippen molar-refractivity contribution >= 4 is 5.97 Å². The fourth-order valence-corrected chi connectivity index (χ4v) is 2.42. The van der Waals surface area contributed by atoms with Crippen molar-refractivity contribution in [3.8, 4) is 5.88 Å². The van der Waals surface area contributed by atoms with Gasteiger partial charge in [-0.15, -0.1) is 0 Å². The lowest BCUT2D eigenvalue weighted by atomic mass is 10.3. The summed E-state index contributed by atoms with van der Waals surface area (Å²) in [6, 6.07) is 5.76. The van der Waals surface area contributed by atoms with E-state index in [0.29, 0.717) is 5.88 Å². The maximum atomic E-state index is 10.7. The molecule has 0 spiro atoms. The van der Waals surface area contributed by atoms with E-state index in [9.17, 15) is 4.79 Å². The number of pyridine rings is 1. The first-order valence-corrected chi connectivity index (χ1v) is 6.84. The summed E-state index contributed by atoms with van der Waals surface area (Å²) in [5, 5.41) is 8.84. The Balaban J connectivity index is 1.88. The summed E-state index contributed by atoms with van der Waals surface area (Å²) >= 11 is 0. The van der Waals surface area contributed by atoms with Crippen molar-refractivity contribution in [3.05, 3.63) is 23.9 Å². The van der Waals surface area contributed by atoms with E-state index < -0.39 is 5.97 Å².